The summed E-state index contributed by atoms with van der Waals surface area (Å²) >= 11 is 0. The number of fused-ring (bicyclic) bond motifs is 1. The van der Waals surface area contributed by atoms with Crippen molar-refractivity contribution in [2.24, 2.45) is 0 Å². The van der Waals surface area contributed by atoms with Gasteiger partial charge in [0.05, 0.1) is 5.56 Å². The van der Waals surface area contributed by atoms with Crippen LogP contribution in [0, 0.1) is 6.92 Å². The number of pyridine rings is 1. The number of aromatic amines is 1. The van der Waals surface area contributed by atoms with E-state index in [9.17, 15) is 9.59 Å². The van der Waals surface area contributed by atoms with Crippen molar-refractivity contribution < 1.29 is 9.32 Å². The van der Waals surface area contributed by atoms with Crippen molar-refractivity contribution in [3.05, 3.63) is 58.0 Å². The van der Waals surface area contributed by atoms with Gasteiger partial charge in [0, 0.05) is 36.0 Å². The van der Waals surface area contributed by atoms with E-state index in [4.69, 9.17) is 4.52 Å². The molecule has 1 N–H and O–H groups in total. The molecule has 4 rings (SSSR count). The Hall–Kier alpha value is -2.96. The molecule has 0 saturated carbocycles. The number of carbonyl (C=O) groups excluding carboxylic acids is 1. The SMILES string of the molecule is Cc1ccc2[nH]c(=O)cc(C(=O)N3CCCC(c4ncon4)C3)c2c1. The van der Waals surface area contributed by atoms with Crippen LogP contribution in [0.2, 0.25) is 0 Å². The van der Waals surface area contributed by atoms with E-state index in [-0.39, 0.29) is 17.4 Å². The number of hydrogen-bond donors (Lipinski definition) is 1. The van der Waals surface area contributed by atoms with Crippen LogP contribution in [0.5, 0.6) is 0 Å². The topological polar surface area (TPSA) is 92.1 Å². The molecule has 1 aromatic carbocycles. The molecule has 1 atom stereocenters. The van der Waals surface area contributed by atoms with E-state index in [0.29, 0.717) is 30.0 Å². The lowest BCUT2D eigenvalue weighted by Gasteiger charge is -2.31. The second-order valence-electron chi connectivity index (χ2n) is 6.48. The first kappa shape index (κ1) is 15.6. The molecule has 1 fully saturated rings. The minimum atomic E-state index is -0.272. The van der Waals surface area contributed by atoms with E-state index < -0.39 is 0 Å². The number of nitrogens with zero attached hydrogens (tertiary/aromatic N) is 3. The molecular weight excluding hydrogens is 320 g/mol. The zero-order valence-electron chi connectivity index (χ0n) is 13.9. The summed E-state index contributed by atoms with van der Waals surface area (Å²) in [4.78, 5) is 33.7. The largest absolute Gasteiger partial charge is 0.343 e. The van der Waals surface area contributed by atoms with Gasteiger partial charge in [-0.3, -0.25) is 9.59 Å². The van der Waals surface area contributed by atoms with Gasteiger partial charge in [0.1, 0.15) is 0 Å². The second-order valence-corrected chi connectivity index (χ2v) is 6.48. The third-order valence-electron chi connectivity index (χ3n) is 4.68. The first-order valence-corrected chi connectivity index (χ1v) is 8.31. The maximum absolute atomic E-state index is 13.1. The molecule has 128 valence electrons. The number of H-pyrrole nitrogens is 1. The maximum Gasteiger partial charge on any atom is 0.254 e. The Kier molecular flexibility index (Phi) is 3.83. The quantitative estimate of drug-likeness (QED) is 0.773. The number of aromatic nitrogens is 3. The van der Waals surface area contributed by atoms with Crippen molar-refractivity contribution in [2.75, 3.05) is 13.1 Å². The molecule has 1 aliphatic heterocycles. The summed E-state index contributed by atoms with van der Waals surface area (Å²) in [7, 11) is 0. The molecular formula is C18H18N4O3. The number of nitrogens with one attached hydrogen (secondary N) is 1. The summed E-state index contributed by atoms with van der Waals surface area (Å²) in [6.07, 6.45) is 3.09. The number of likely N-dealkylation sites (tertiary alicyclic amines) is 1. The summed E-state index contributed by atoms with van der Waals surface area (Å²) in [5.41, 5.74) is 1.88. The number of rotatable bonds is 2. The lowest BCUT2D eigenvalue weighted by Crippen LogP contribution is -2.39. The van der Waals surface area contributed by atoms with Crippen LogP contribution < -0.4 is 5.56 Å². The highest BCUT2D eigenvalue weighted by Gasteiger charge is 2.28. The zero-order chi connectivity index (χ0) is 17.4. The molecule has 7 nitrogen and oxygen atoms in total. The van der Waals surface area contributed by atoms with Crippen LogP contribution in [0.3, 0.4) is 0 Å². The van der Waals surface area contributed by atoms with Crippen molar-refractivity contribution in [3.63, 3.8) is 0 Å². The average Bonchev–Trinajstić information content (AvgIpc) is 3.16. The molecule has 0 radical (unpaired) electrons. The standard InChI is InChI=1S/C18H18N4O3/c1-11-4-5-15-13(7-11)14(8-16(23)20-15)18(24)22-6-2-3-12(9-22)17-19-10-25-21-17/h4-5,7-8,10,12H,2-3,6,9H2,1H3,(H,20,23). The highest BCUT2D eigenvalue weighted by atomic mass is 16.5. The predicted octanol–water partition coefficient (Wildman–Crippen LogP) is 2.24. The van der Waals surface area contributed by atoms with Gasteiger partial charge in [0.15, 0.2) is 5.82 Å². The number of carbonyl (C=O) groups is 1. The molecule has 1 unspecified atom stereocenters. The van der Waals surface area contributed by atoms with Gasteiger partial charge in [-0.15, -0.1) is 0 Å². The number of amides is 1. The second kappa shape index (κ2) is 6.16. The summed E-state index contributed by atoms with van der Waals surface area (Å²) in [6.45, 7) is 3.15. The lowest BCUT2D eigenvalue weighted by molar-refractivity contribution is 0.0705. The highest BCUT2D eigenvalue weighted by molar-refractivity contribution is 6.06. The van der Waals surface area contributed by atoms with E-state index in [1.54, 1.807) is 4.90 Å². The van der Waals surface area contributed by atoms with Crippen LogP contribution >= 0.6 is 0 Å². The zero-order valence-corrected chi connectivity index (χ0v) is 13.9. The minimum Gasteiger partial charge on any atom is -0.343 e. The predicted molar refractivity (Wildman–Crippen MR) is 91.5 cm³/mol. The lowest BCUT2D eigenvalue weighted by atomic mass is 9.96. The minimum absolute atomic E-state index is 0.0615. The molecule has 0 spiro atoms. The number of piperidine rings is 1. The van der Waals surface area contributed by atoms with Crippen LogP contribution in [0.1, 0.15) is 40.5 Å². The van der Waals surface area contributed by atoms with Crippen molar-refractivity contribution in [2.45, 2.75) is 25.7 Å². The molecule has 2 aromatic heterocycles. The van der Waals surface area contributed by atoms with E-state index in [1.807, 2.05) is 25.1 Å². The van der Waals surface area contributed by atoms with E-state index in [1.165, 1.54) is 12.5 Å². The smallest absolute Gasteiger partial charge is 0.254 e. The number of benzene rings is 1. The van der Waals surface area contributed by atoms with Gasteiger partial charge in [-0.2, -0.15) is 4.98 Å². The molecule has 7 heteroatoms. The van der Waals surface area contributed by atoms with Gasteiger partial charge >= 0.3 is 0 Å². The van der Waals surface area contributed by atoms with E-state index >= 15 is 0 Å². The number of aryl methyl sites for hydroxylation is 1. The van der Waals surface area contributed by atoms with Crippen molar-refractivity contribution in [3.8, 4) is 0 Å². The Balaban J connectivity index is 1.70. The normalized spacial score (nSPS) is 17.8. The van der Waals surface area contributed by atoms with E-state index in [2.05, 4.69) is 15.1 Å². The maximum atomic E-state index is 13.1. The first-order chi connectivity index (χ1) is 12.1. The molecule has 0 bridgehead atoms. The monoisotopic (exact) mass is 338 g/mol. The highest BCUT2D eigenvalue weighted by Crippen LogP contribution is 2.26. The van der Waals surface area contributed by atoms with Crippen molar-refractivity contribution in [1.29, 1.82) is 0 Å². The van der Waals surface area contributed by atoms with Crippen LogP contribution in [0.25, 0.3) is 10.9 Å². The molecule has 1 amide bonds. The Morgan fingerprint density at radius 1 is 1.36 bits per heavy atom. The Morgan fingerprint density at radius 3 is 3.04 bits per heavy atom. The molecule has 25 heavy (non-hydrogen) atoms. The Bertz CT molecular complexity index is 978. The summed E-state index contributed by atoms with van der Waals surface area (Å²) in [5.74, 6) is 0.561. The number of hydrogen-bond acceptors (Lipinski definition) is 5. The fourth-order valence-corrected chi connectivity index (χ4v) is 3.45. The molecule has 3 heterocycles. The van der Waals surface area contributed by atoms with Crippen LogP contribution in [-0.4, -0.2) is 39.0 Å². The van der Waals surface area contributed by atoms with Gasteiger partial charge in [-0.1, -0.05) is 16.8 Å². The van der Waals surface area contributed by atoms with Gasteiger partial charge in [0.2, 0.25) is 12.0 Å². The Labute approximate surface area is 143 Å². The van der Waals surface area contributed by atoms with Crippen molar-refractivity contribution >= 4 is 16.8 Å². The third-order valence-corrected chi connectivity index (χ3v) is 4.68. The summed E-state index contributed by atoms with van der Waals surface area (Å²) in [5, 5.41) is 4.67. The van der Waals surface area contributed by atoms with Gasteiger partial charge in [-0.05, 0) is 31.9 Å². The molecule has 0 aliphatic carbocycles. The molecule has 1 aliphatic rings. The molecule has 3 aromatic rings. The van der Waals surface area contributed by atoms with Gasteiger partial charge in [-0.25, -0.2) is 0 Å². The van der Waals surface area contributed by atoms with Crippen molar-refractivity contribution in [1.82, 2.24) is 20.0 Å². The summed E-state index contributed by atoms with van der Waals surface area (Å²) < 4.78 is 4.82. The van der Waals surface area contributed by atoms with Gasteiger partial charge in [0.25, 0.3) is 5.91 Å². The third kappa shape index (κ3) is 2.93. The van der Waals surface area contributed by atoms with Crippen LogP contribution in [-0.2, 0) is 0 Å². The fraction of sp³-hybridized carbons (Fsp3) is 0.333. The van der Waals surface area contributed by atoms with Crippen LogP contribution in [0.15, 0.2) is 40.0 Å². The van der Waals surface area contributed by atoms with Gasteiger partial charge < -0.3 is 14.4 Å². The Morgan fingerprint density at radius 2 is 2.24 bits per heavy atom. The van der Waals surface area contributed by atoms with Crippen LogP contribution in [0.4, 0.5) is 0 Å². The molecule has 1 saturated heterocycles. The first-order valence-electron chi connectivity index (χ1n) is 8.31. The fourth-order valence-electron chi connectivity index (χ4n) is 3.45. The summed E-state index contributed by atoms with van der Waals surface area (Å²) in [6, 6.07) is 7.07. The average molecular weight is 338 g/mol. The van der Waals surface area contributed by atoms with E-state index in [0.717, 1.165) is 23.8 Å².